The summed E-state index contributed by atoms with van der Waals surface area (Å²) >= 11 is 0. The molecule has 0 spiro atoms. The molecule has 9 heteroatoms. The van der Waals surface area contributed by atoms with E-state index in [1.807, 2.05) is 35.2 Å². The van der Waals surface area contributed by atoms with E-state index in [9.17, 15) is 18.0 Å². The average Bonchev–Trinajstić information content (AvgIpc) is 3.31. The number of piperazine rings is 1. The Labute approximate surface area is 183 Å². The van der Waals surface area contributed by atoms with Crippen LogP contribution >= 0.6 is 0 Å². The molecule has 0 radical (unpaired) electrons. The predicted octanol–water partition coefficient (Wildman–Crippen LogP) is 1.00. The zero-order valence-corrected chi connectivity index (χ0v) is 18.5. The van der Waals surface area contributed by atoms with Crippen molar-refractivity contribution in [3.8, 4) is 0 Å². The molecule has 3 aliphatic heterocycles. The summed E-state index contributed by atoms with van der Waals surface area (Å²) in [6.45, 7) is 2.89. The molecule has 1 N–H and O–H groups in total. The number of nitrogens with one attached hydrogen (secondary N) is 1. The van der Waals surface area contributed by atoms with Gasteiger partial charge in [-0.15, -0.1) is 0 Å². The largest absolute Gasteiger partial charge is 0.340 e. The molecule has 3 saturated heterocycles. The Morgan fingerprint density at radius 3 is 2.45 bits per heavy atom. The second-order valence-electron chi connectivity index (χ2n) is 9.20. The fourth-order valence-electron chi connectivity index (χ4n) is 5.77. The lowest BCUT2D eigenvalue weighted by atomic mass is 9.86. The van der Waals surface area contributed by atoms with Gasteiger partial charge in [0.15, 0.2) is 0 Å². The Balaban J connectivity index is 1.19. The Morgan fingerprint density at radius 2 is 1.71 bits per heavy atom. The zero-order valence-electron chi connectivity index (χ0n) is 17.7. The Hall–Kier alpha value is -1.97. The van der Waals surface area contributed by atoms with Gasteiger partial charge in [0, 0.05) is 50.7 Å². The molecule has 3 heterocycles. The molecule has 2 amide bonds. The first-order valence-electron chi connectivity index (χ1n) is 11.3. The van der Waals surface area contributed by atoms with Gasteiger partial charge in [-0.05, 0) is 25.0 Å². The van der Waals surface area contributed by atoms with E-state index in [1.165, 1.54) is 0 Å². The third-order valence-corrected chi connectivity index (χ3v) is 9.36. The molecular formula is C22H30N4O4S. The number of amides is 2. The van der Waals surface area contributed by atoms with Crippen LogP contribution in [0.2, 0.25) is 0 Å². The van der Waals surface area contributed by atoms with E-state index in [4.69, 9.17) is 0 Å². The fourth-order valence-corrected chi connectivity index (χ4v) is 7.83. The maximum atomic E-state index is 13.1. The molecule has 1 aliphatic carbocycles. The minimum Gasteiger partial charge on any atom is -0.340 e. The van der Waals surface area contributed by atoms with Crippen LogP contribution in [0.3, 0.4) is 0 Å². The van der Waals surface area contributed by atoms with E-state index in [0.29, 0.717) is 32.7 Å². The van der Waals surface area contributed by atoms with Crippen molar-refractivity contribution in [3.05, 3.63) is 30.3 Å². The minimum absolute atomic E-state index is 0.00751. The maximum Gasteiger partial charge on any atom is 0.228 e. The highest BCUT2D eigenvalue weighted by molar-refractivity contribution is 7.90. The number of hydrogen-bond acceptors (Lipinski definition) is 5. The Morgan fingerprint density at radius 1 is 1.00 bits per heavy atom. The normalized spacial score (nSPS) is 33.5. The second kappa shape index (κ2) is 8.18. The number of anilines is 1. The van der Waals surface area contributed by atoms with Crippen LogP contribution in [0.4, 0.5) is 5.69 Å². The van der Waals surface area contributed by atoms with E-state index in [1.54, 1.807) is 4.90 Å². The van der Waals surface area contributed by atoms with Gasteiger partial charge in [0.05, 0.1) is 17.3 Å². The van der Waals surface area contributed by atoms with E-state index >= 15 is 0 Å². The number of sulfonamides is 1. The molecule has 1 aromatic carbocycles. The number of carbonyl (C=O) groups excluding carboxylic acids is 2. The summed E-state index contributed by atoms with van der Waals surface area (Å²) in [5, 5.41) is -0.264. The van der Waals surface area contributed by atoms with Gasteiger partial charge in [0.2, 0.25) is 21.8 Å². The van der Waals surface area contributed by atoms with Crippen LogP contribution in [0.15, 0.2) is 30.3 Å². The summed E-state index contributed by atoms with van der Waals surface area (Å²) in [6.07, 6.45) is 3.87. The molecule has 1 saturated carbocycles. The molecule has 168 valence electrons. The Kier molecular flexibility index (Phi) is 5.52. The standard InChI is InChI=1S/C22H30N4O4S/c27-20-14-16(15-26(20)17-6-2-1-3-7-17)22(28)25-12-10-24(11-13-25)21-18-8-4-5-9-19(18)31(29,30)23-21/h1-3,6-7,16,18-19,21,23H,4-5,8-15H2. The smallest absolute Gasteiger partial charge is 0.228 e. The van der Waals surface area contributed by atoms with Crippen LogP contribution in [-0.4, -0.2) is 74.2 Å². The van der Waals surface area contributed by atoms with Gasteiger partial charge in [0.1, 0.15) is 0 Å². The number of fused-ring (bicyclic) bond motifs is 1. The highest BCUT2D eigenvalue weighted by Gasteiger charge is 2.50. The summed E-state index contributed by atoms with van der Waals surface area (Å²) in [7, 11) is -3.24. The number of benzene rings is 1. The molecular weight excluding hydrogens is 416 g/mol. The second-order valence-corrected chi connectivity index (χ2v) is 11.1. The van der Waals surface area contributed by atoms with Crippen LogP contribution in [0.1, 0.15) is 32.1 Å². The predicted molar refractivity (Wildman–Crippen MR) is 117 cm³/mol. The molecule has 0 aromatic heterocycles. The first-order valence-corrected chi connectivity index (χ1v) is 12.9. The van der Waals surface area contributed by atoms with Crippen molar-refractivity contribution >= 4 is 27.5 Å². The number of hydrogen-bond donors (Lipinski definition) is 1. The highest BCUT2D eigenvalue weighted by atomic mass is 32.2. The van der Waals surface area contributed by atoms with Crippen molar-refractivity contribution in [1.29, 1.82) is 0 Å². The molecule has 4 atom stereocenters. The van der Waals surface area contributed by atoms with Crippen molar-refractivity contribution in [1.82, 2.24) is 14.5 Å². The van der Waals surface area contributed by atoms with Crippen LogP contribution < -0.4 is 9.62 Å². The fraction of sp³-hybridized carbons (Fsp3) is 0.636. The van der Waals surface area contributed by atoms with Crippen LogP contribution in [0, 0.1) is 11.8 Å². The number of carbonyl (C=O) groups is 2. The van der Waals surface area contributed by atoms with Crippen molar-refractivity contribution in [2.75, 3.05) is 37.6 Å². The van der Waals surface area contributed by atoms with E-state index < -0.39 is 10.0 Å². The van der Waals surface area contributed by atoms with Crippen LogP contribution in [0.25, 0.3) is 0 Å². The number of rotatable bonds is 3. The average molecular weight is 447 g/mol. The van der Waals surface area contributed by atoms with Gasteiger partial charge in [-0.1, -0.05) is 31.0 Å². The maximum absolute atomic E-state index is 13.1. The summed E-state index contributed by atoms with van der Waals surface area (Å²) < 4.78 is 28.0. The van der Waals surface area contributed by atoms with Gasteiger partial charge >= 0.3 is 0 Å². The van der Waals surface area contributed by atoms with Crippen molar-refractivity contribution in [2.24, 2.45) is 11.8 Å². The van der Waals surface area contributed by atoms with Gasteiger partial charge in [-0.2, -0.15) is 4.72 Å². The summed E-state index contributed by atoms with van der Waals surface area (Å²) in [4.78, 5) is 31.3. The van der Waals surface area contributed by atoms with E-state index in [2.05, 4.69) is 9.62 Å². The third kappa shape index (κ3) is 3.87. The van der Waals surface area contributed by atoms with Crippen molar-refractivity contribution < 1.29 is 18.0 Å². The molecule has 8 nitrogen and oxygen atoms in total. The van der Waals surface area contributed by atoms with Gasteiger partial charge in [0.25, 0.3) is 0 Å². The SMILES string of the molecule is O=C(C1CC(=O)N(c2ccccc2)C1)N1CCN(C2NS(=O)(=O)C3CCCCC23)CC1. The summed E-state index contributed by atoms with van der Waals surface area (Å²) in [5.74, 6) is -0.138. The van der Waals surface area contributed by atoms with Gasteiger partial charge in [-0.25, -0.2) is 8.42 Å². The molecule has 4 aliphatic rings. The minimum atomic E-state index is -3.24. The van der Waals surface area contributed by atoms with Crippen LogP contribution in [-0.2, 0) is 19.6 Å². The number of para-hydroxylation sites is 1. The topological polar surface area (TPSA) is 90.0 Å². The van der Waals surface area contributed by atoms with Crippen molar-refractivity contribution in [2.45, 2.75) is 43.5 Å². The van der Waals surface area contributed by atoms with E-state index in [0.717, 1.165) is 31.4 Å². The lowest BCUT2D eigenvalue weighted by Gasteiger charge is -2.41. The first-order chi connectivity index (χ1) is 14.9. The highest BCUT2D eigenvalue weighted by Crippen LogP contribution is 2.38. The van der Waals surface area contributed by atoms with Gasteiger partial charge < -0.3 is 9.80 Å². The lowest BCUT2D eigenvalue weighted by Crippen LogP contribution is -2.57. The van der Waals surface area contributed by atoms with Crippen LogP contribution in [0.5, 0.6) is 0 Å². The Bertz CT molecular complexity index is 946. The third-order valence-electron chi connectivity index (χ3n) is 7.40. The van der Waals surface area contributed by atoms with Gasteiger partial charge in [-0.3, -0.25) is 14.5 Å². The quantitative estimate of drug-likeness (QED) is 0.748. The molecule has 1 aromatic rings. The summed E-state index contributed by atoms with van der Waals surface area (Å²) in [6, 6.07) is 9.48. The van der Waals surface area contributed by atoms with Crippen molar-refractivity contribution in [3.63, 3.8) is 0 Å². The monoisotopic (exact) mass is 446 g/mol. The first kappa shape index (κ1) is 20.9. The molecule has 31 heavy (non-hydrogen) atoms. The molecule has 4 unspecified atom stereocenters. The van der Waals surface area contributed by atoms with E-state index in [-0.39, 0.29) is 41.5 Å². The molecule has 0 bridgehead atoms. The zero-order chi connectivity index (χ0) is 21.6. The number of nitrogens with zero attached hydrogens (tertiary/aromatic N) is 3. The lowest BCUT2D eigenvalue weighted by molar-refractivity contribution is -0.138. The summed E-state index contributed by atoms with van der Waals surface area (Å²) in [5.41, 5.74) is 0.836. The molecule has 4 fully saturated rings. The molecule has 5 rings (SSSR count).